The van der Waals surface area contributed by atoms with Gasteiger partial charge in [0, 0.05) is 0 Å². The molecule has 0 heterocycles. The van der Waals surface area contributed by atoms with E-state index in [1.807, 2.05) is 6.92 Å². The van der Waals surface area contributed by atoms with Crippen molar-refractivity contribution in [3.63, 3.8) is 0 Å². The first-order chi connectivity index (χ1) is 4.87. The van der Waals surface area contributed by atoms with Crippen LogP contribution >= 0.6 is 0 Å². The molecule has 0 bridgehead atoms. The van der Waals surface area contributed by atoms with Crippen molar-refractivity contribution in [3.8, 4) is 6.07 Å². The lowest BCUT2D eigenvalue weighted by molar-refractivity contribution is 0.284. The van der Waals surface area contributed by atoms with E-state index in [2.05, 4.69) is 32.3 Å². The van der Waals surface area contributed by atoms with Crippen molar-refractivity contribution in [2.75, 3.05) is 0 Å². The molecule has 1 unspecified atom stereocenters. The van der Waals surface area contributed by atoms with E-state index in [1.54, 1.807) is 0 Å². The van der Waals surface area contributed by atoms with Crippen molar-refractivity contribution in [3.05, 3.63) is 12.2 Å². The zero-order valence-corrected chi connectivity index (χ0v) is 8.64. The van der Waals surface area contributed by atoms with E-state index in [1.165, 1.54) is 0 Å². The molecule has 0 aromatic heterocycles. The van der Waals surface area contributed by atoms with Crippen LogP contribution < -0.4 is 0 Å². The summed E-state index contributed by atoms with van der Waals surface area (Å²) in [7, 11) is -1.59. The summed E-state index contributed by atoms with van der Waals surface area (Å²) in [5.74, 6) is 0. The van der Waals surface area contributed by atoms with Gasteiger partial charge in [-0.25, -0.2) is 0 Å². The molecule has 0 N–H and O–H groups in total. The average molecular weight is 169 g/mol. The Bertz CT molecular complexity index is 187. The predicted molar refractivity (Wildman–Crippen MR) is 48.6 cm³/mol. The quantitative estimate of drug-likeness (QED) is 0.480. The van der Waals surface area contributed by atoms with Gasteiger partial charge in [0.05, 0.1) is 6.07 Å². The summed E-state index contributed by atoms with van der Waals surface area (Å²) in [5.41, 5.74) is 0.787. The number of nitrogens with zero attached hydrogens (tertiary/aromatic N) is 1. The summed E-state index contributed by atoms with van der Waals surface area (Å²) < 4.78 is 5.53. The van der Waals surface area contributed by atoms with Gasteiger partial charge in [-0.15, -0.1) is 0 Å². The Hall–Kier alpha value is -0.593. The van der Waals surface area contributed by atoms with Crippen molar-refractivity contribution in [1.29, 1.82) is 5.26 Å². The summed E-state index contributed by atoms with van der Waals surface area (Å²) in [5, 5.41) is 8.65. The van der Waals surface area contributed by atoms with Gasteiger partial charge in [-0.05, 0) is 32.1 Å². The van der Waals surface area contributed by atoms with Crippen LogP contribution in [0.3, 0.4) is 0 Å². The zero-order valence-electron chi connectivity index (χ0n) is 7.64. The molecule has 1 atom stereocenters. The molecule has 62 valence electrons. The molecular formula is C8H15NOSi. The van der Waals surface area contributed by atoms with Gasteiger partial charge in [-0.1, -0.05) is 6.58 Å². The Morgan fingerprint density at radius 3 is 2.09 bits per heavy atom. The number of nitriles is 1. The van der Waals surface area contributed by atoms with Gasteiger partial charge < -0.3 is 4.43 Å². The van der Waals surface area contributed by atoms with Crippen LogP contribution in [-0.4, -0.2) is 14.4 Å². The van der Waals surface area contributed by atoms with E-state index in [-0.39, 0.29) is 0 Å². The fourth-order valence-corrected chi connectivity index (χ4v) is 1.55. The highest BCUT2D eigenvalue weighted by Crippen LogP contribution is 2.11. The first-order valence-corrected chi connectivity index (χ1v) is 7.00. The molecular weight excluding hydrogens is 154 g/mol. The Morgan fingerprint density at radius 2 is 2.00 bits per heavy atom. The molecule has 0 spiro atoms. The third kappa shape index (κ3) is 4.77. The highest BCUT2D eigenvalue weighted by molar-refractivity contribution is 6.69. The van der Waals surface area contributed by atoms with E-state index in [4.69, 9.17) is 9.69 Å². The molecule has 0 amide bonds. The SMILES string of the molecule is C=C(C)C(C#N)O[Si](C)(C)C. The summed E-state index contributed by atoms with van der Waals surface area (Å²) in [6.45, 7) is 11.7. The second-order valence-corrected chi connectivity index (χ2v) is 8.05. The molecule has 0 rings (SSSR count). The number of hydrogen-bond acceptors (Lipinski definition) is 2. The van der Waals surface area contributed by atoms with Gasteiger partial charge in [0.1, 0.15) is 0 Å². The maximum absolute atomic E-state index is 8.65. The lowest BCUT2D eigenvalue weighted by Gasteiger charge is -2.21. The average Bonchev–Trinajstić information content (AvgIpc) is 1.80. The Balaban J connectivity index is 4.13. The monoisotopic (exact) mass is 169 g/mol. The van der Waals surface area contributed by atoms with Crippen molar-refractivity contribution in [1.82, 2.24) is 0 Å². The first-order valence-electron chi connectivity index (χ1n) is 3.59. The highest BCUT2D eigenvalue weighted by Gasteiger charge is 2.20. The third-order valence-electron chi connectivity index (χ3n) is 1.04. The standard InChI is InChI=1S/C8H15NOSi/c1-7(2)8(6-9)10-11(3,4)5/h8H,1H2,2-5H3. The second-order valence-electron chi connectivity index (χ2n) is 3.59. The van der Waals surface area contributed by atoms with E-state index in [9.17, 15) is 0 Å². The van der Waals surface area contributed by atoms with Crippen LogP contribution in [0.2, 0.25) is 19.6 Å². The third-order valence-corrected chi connectivity index (χ3v) is 1.98. The van der Waals surface area contributed by atoms with Crippen LogP contribution in [0.5, 0.6) is 0 Å². The van der Waals surface area contributed by atoms with E-state index in [0.29, 0.717) is 0 Å². The van der Waals surface area contributed by atoms with E-state index < -0.39 is 14.4 Å². The van der Waals surface area contributed by atoms with Gasteiger partial charge in [-0.2, -0.15) is 5.26 Å². The van der Waals surface area contributed by atoms with Crippen molar-refractivity contribution in [2.24, 2.45) is 0 Å². The number of rotatable bonds is 3. The molecule has 0 saturated carbocycles. The summed E-state index contributed by atoms with van der Waals surface area (Å²) in [6, 6.07) is 2.07. The van der Waals surface area contributed by atoms with E-state index >= 15 is 0 Å². The smallest absolute Gasteiger partial charge is 0.185 e. The van der Waals surface area contributed by atoms with Gasteiger partial charge in [0.25, 0.3) is 0 Å². The van der Waals surface area contributed by atoms with Crippen LogP contribution in [0.15, 0.2) is 12.2 Å². The molecule has 0 aliphatic heterocycles. The minimum atomic E-state index is -1.59. The van der Waals surface area contributed by atoms with Crippen LogP contribution in [0.1, 0.15) is 6.92 Å². The molecule has 3 heteroatoms. The molecule has 0 radical (unpaired) electrons. The van der Waals surface area contributed by atoms with Gasteiger partial charge in [0.2, 0.25) is 0 Å². The van der Waals surface area contributed by atoms with Gasteiger partial charge in [-0.3, -0.25) is 0 Å². The van der Waals surface area contributed by atoms with Crippen molar-refractivity contribution < 1.29 is 4.43 Å². The van der Waals surface area contributed by atoms with Crippen LogP contribution in [-0.2, 0) is 4.43 Å². The Morgan fingerprint density at radius 1 is 1.55 bits per heavy atom. The van der Waals surface area contributed by atoms with Crippen LogP contribution in [0, 0.1) is 11.3 Å². The molecule has 0 aromatic carbocycles. The molecule has 0 fully saturated rings. The predicted octanol–water partition coefficient (Wildman–Crippen LogP) is 2.31. The van der Waals surface area contributed by atoms with Crippen LogP contribution in [0.4, 0.5) is 0 Å². The van der Waals surface area contributed by atoms with Crippen molar-refractivity contribution in [2.45, 2.75) is 32.7 Å². The highest BCUT2D eigenvalue weighted by atomic mass is 28.4. The molecule has 11 heavy (non-hydrogen) atoms. The maximum atomic E-state index is 8.65. The Labute approximate surface area is 69.6 Å². The van der Waals surface area contributed by atoms with E-state index in [0.717, 1.165) is 5.57 Å². The first kappa shape index (κ1) is 10.4. The summed E-state index contributed by atoms with van der Waals surface area (Å²) in [4.78, 5) is 0. The maximum Gasteiger partial charge on any atom is 0.185 e. The molecule has 0 aromatic rings. The van der Waals surface area contributed by atoms with Crippen molar-refractivity contribution >= 4 is 8.32 Å². The molecule has 0 aliphatic rings. The lowest BCUT2D eigenvalue weighted by atomic mass is 10.2. The lowest BCUT2D eigenvalue weighted by Crippen LogP contribution is -2.31. The summed E-state index contributed by atoms with van der Waals surface area (Å²) in [6.07, 6.45) is -0.415. The number of hydrogen-bond donors (Lipinski definition) is 0. The normalized spacial score (nSPS) is 13.7. The molecule has 0 saturated heterocycles. The molecule has 0 aliphatic carbocycles. The minimum absolute atomic E-state index is 0.415. The van der Waals surface area contributed by atoms with Gasteiger partial charge in [0.15, 0.2) is 14.4 Å². The fraction of sp³-hybridized carbons (Fsp3) is 0.625. The molecule has 2 nitrogen and oxygen atoms in total. The summed E-state index contributed by atoms with van der Waals surface area (Å²) >= 11 is 0. The largest absolute Gasteiger partial charge is 0.399 e. The Kier molecular flexibility index (Phi) is 3.50. The fourth-order valence-electron chi connectivity index (χ4n) is 0.591. The topological polar surface area (TPSA) is 33.0 Å². The van der Waals surface area contributed by atoms with Gasteiger partial charge >= 0.3 is 0 Å². The second kappa shape index (κ2) is 3.70. The van der Waals surface area contributed by atoms with Crippen LogP contribution in [0.25, 0.3) is 0 Å². The zero-order chi connectivity index (χ0) is 9.07. The minimum Gasteiger partial charge on any atom is -0.399 e.